The summed E-state index contributed by atoms with van der Waals surface area (Å²) in [6, 6.07) is 25.1. The van der Waals surface area contributed by atoms with Crippen LogP contribution >= 0.6 is 0 Å². The maximum Gasteiger partial charge on any atom is 0.246 e. The molecule has 0 saturated heterocycles. The Kier molecular flexibility index (Phi) is 9.43. The van der Waals surface area contributed by atoms with Crippen LogP contribution in [-0.2, 0) is 15.2 Å². The summed E-state index contributed by atoms with van der Waals surface area (Å²) in [5, 5.41) is 3.67. The second-order valence-corrected chi connectivity index (χ2v) is 11.1. The van der Waals surface area contributed by atoms with Crippen molar-refractivity contribution >= 4 is 46.6 Å². The van der Waals surface area contributed by atoms with Gasteiger partial charge in [0.25, 0.3) is 0 Å². The number of hydrogen-bond donors (Lipinski definition) is 1. The molecule has 2 amide bonds. The number of nitrogens with zero attached hydrogens (tertiary/aromatic N) is 4. The van der Waals surface area contributed by atoms with Gasteiger partial charge in [0.1, 0.15) is 16.9 Å². The maximum absolute atomic E-state index is 13.0. The Balaban J connectivity index is 1.16. The number of benzene rings is 2. The monoisotopic (exact) mass is 597 g/mol. The smallest absolute Gasteiger partial charge is 0.246 e. The Bertz CT molecular complexity index is 1870. The van der Waals surface area contributed by atoms with Crippen molar-refractivity contribution < 1.29 is 14.3 Å². The molecule has 0 aliphatic carbocycles. The Morgan fingerprint density at radius 2 is 1.71 bits per heavy atom. The molecular formula is C37H35N5O3. The van der Waals surface area contributed by atoms with Crippen molar-refractivity contribution in [1.29, 1.82) is 0 Å². The normalized spacial score (nSPS) is 11.6. The molecule has 8 nitrogen and oxygen atoms in total. The molecule has 0 saturated carbocycles. The van der Waals surface area contributed by atoms with E-state index in [0.29, 0.717) is 11.4 Å². The number of hydrogen-bond acceptors (Lipinski definition) is 6. The summed E-state index contributed by atoms with van der Waals surface area (Å²) < 4.78 is 6.49. The molecule has 0 atom stereocenters. The SMILES string of the molecule is Cc1ccc2cccc(OC(C)(C)c3cccc(N(C)C(=O)CNC(=O)/C=C/c4ccc(/C=C/c5ccncc5)nc4)c3)c2n1. The van der Waals surface area contributed by atoms with Crippen LogP contribution in [-0.4, -0.2) is 40.4 Å². The number of para-hydroxylation sites is 1. The first-order valence-electron chi connectivity index (χ1n) is 14.6. The highest BCUT2D eigenvalue weighted by atomic mass is 16.5. The number of nitrogens with one attached hydrogen (secondary N) is 1. The second kappa shape index (κ2) is 13.8. The zero-order valence-corrected chi connectivity index (χ0v) is 25.8. The molecule has 0 aliphatic rings. The molecule has 5 aromatic rings. The zero-order chi connectivity index (χ0) is 31.8. The van der Waals surface area contributed by atoms with E-state index in [1.807, 2.05) is 112 Å². The summed E-state index contributed by atoms with van der Waals surface area (Å²) in [5.41, 5.74) is 5.19. The number of ether oxygens (including phenoxy) is 1. The molecule has 0 fully saturated rings. The lowest BCUT2D eigenvalue weighted by molar-refractivity contribution is -0.122. The van der Waals surface area contributed by atoms with Crippen LogP contribution in [0.15, 0.2) is 104 Å². The zero-order valence-electron chi connectivity index (χ0n) is 25.8. The molecule has 1 N–H and O–H groups in total. The van der Waals surface area contributed by atoms with Gasteiger partial charge in [0, 0.05) is 48.5 Å². The van der Waals surface area contributed by atoms with Crippen LogP contribution in [0.4, 0.5) is 5.69 Å². The third-order valence-corrected chi connectivity index (χ3v) is 7.29. The largest absolute Gasteiger partial charge is 0.481 e. The van der Waals surface area contributed by atoms with E-state index >= 15 is 0 Å². The molecule has 0 aliphatic heterocycles. The highest BCUT2D eigenvalue weighted by molar-refractivity contribution is 5.99. The van der Waals surface area contributed by atoms with Gasteiger partial charge in [-0.05, 0) is 92.1 Å². The number of carbonyl (C=O) groups excluding carboxylic acids is 2. The van der Waals surface area contributed by atoms with Gasteiger partial charge in [-0.15, -0.1) is 0 Å². The average Bonchev–Trinajstić information content (AvgIpc) is 3.06. The quantitative estimate of drug-likeness (QED) is 0.182. The second-order valence-electron chi connectivity index (χ2n) is 11.1. The molecule has 8 heteroatoms. The van der Waals surface area contributed by atoms with Gasteiger partial charge in [0.15, 0.2) is 0 Å². The number of rotatable bonds is 10. The first kappa shape index (κ1) is 30.8. The molecule has 2 aromatic carbocycles. The lowest BCUT2D eigenvalue weighted by atomic mass is 9.97. The van der Waals surface area contributed by atoms with E-state index in [1.165, 1.54) is 11.0 Å². The molecule has 3 heterocycles. The number of pyridine rings is 3. The van der Waals surface area contributed by atoms with Gasteiger partial charge in [0.2, 0.25) is 11.8 Å². The fourth-order valence-corrected chi connectivity index (χ4v) is 4.65. The van der Waals surface area contributed by atoms with Crippen molar-refractivity contribution in [2.75, 3.05) is 18.5 Å². The summed E-state index contributed by atoms with van der Waals surface area (Å²) >= 11 is 0. The molecule has 226 valence electrons. The van der Waals surface area contributed by atoms with Crippen molar-refractivity contribution in [1.82, 2.24) is 20.3 Å². The number of amides is 2. The summed E-state index contributed by atoms with van der Waals surface area (Å²) in [6.07, 6.45) is 12.1. The lowest BCUT2D eigenvalue weighted by Gasteiger charge is -2.29. The predicted molar refractivity (Wildman–Crippen MR) is 179 cm³/mol. The fourth-order valence-electron chi connectivity index (χ4n) is 4.65. The average molecular weight is 598 g/mol. The van der Waals surface area contributed by atoms with Gasteiger partial charge in [-0.3, -0.25) is 19.6 Å². The summed E-state index contributed by atoms with van der Waals surface area (Å²) in [5.74, 6) is 0.0605. The maximum atomic E-state index is 13.0. The van der Waals surface area contributed by atoms with Crippen LogP contribution in [0, 0.1) is 6.92 Å². The Morgan fingerprint density at radius 3 is 2.49 bits per heavy atom. The van der Waals surface area contributed by atoms with Crippen molar-refractivity contribution in [3.05, 3.63) is 132 Å². The number of aromatic nitrogens is 3. The third kappa shape index (κ3) is 8.06. The molecule has 3 aromatic heterocycles. The predicted octanol–water partition coefficient (Wildman–Crippen LogP) is 6.61. The van der Waals surface area contributed by atoms with E-state index in [1.54, 1.807) is 31.7 Å². The summed E-state index contributed by atoms with van der Waals surface area (Å²) in [6.45, 7) is 5.77. The van der Waals surface area contributed by atoms with E-state index in [2.05, 4.69) is 20.3 Å². The van der Waals surface area contributed by atoms with Gasteiger partial charge in [-0.2, -0.15) is 0 Å². The summed E-state index contributed by atoms with van der Waals surface area (Å²) in [7, 11) is 1.69. The van der Waals surface area contributed by atoms with Crippen LogP contribution < -0.4 is 15.0 Å². The number of likely N-dealkylation sites (N-methyl/N-ethyl adjacent to an activating group) is 1. The van der Waals surface area contributed by atoms with E-state index in [-0.39, 0.29) is 18.4 Å². The van der Waals surface area contributed by atoms with Crippen LogP contribution in [0.5, 0.6) is 5.75 Å². The Morgan fingerprint density at radius 1 is 0.911 bits per heavy atom. The number of fused-ring (bicyclic) bond motifs is 1. The lowest BCUT2D eigenvalue weighted by Crippen LogP contribution is -2.37. The minimum absolute atomic E-state index is 0.151. The molecule has 0 unspecified atom stereocenters. The Hall–Kier alpha value is -5.63. The molecule has 45 heavy (non-hydrogen) atoms. The molecule has 0 radical (unpaired) electrons. The van der Waals surface area contributed by atoms with Crippen LogP contribution in [0.2, 0.25) is 0 Å². The standard InChI is InChI=1S/C37H35N5O3/c1-26-11-15-29-7-5-10-33(36(29)41-26)45-37(2,3)30-8-6-9-32(23-30)42(4)35(44)25-40-34(43)18-14-28-13-17-31(39-24-28)16-12-27-19-21-38-22-20-27/h5-24H,25H2,1-4H3,(H,40,43)/b16-12+,18-14+. The topological polar surface area (TPSA) is 97.3 Å². The minimum Gasteiger partial charge on any atom is -0.481 e. The highest BCUT2D eigenvalue weighted by Gasteiger charge is 2.25. The minimum atomic E-state index is -0.707. The van der Waals surface area contributed by atoms with Gasteiger partial charge in [-0.25, -0.2) is 4.98 Å². The molecule has 5 rings (SSSR count). The van der Waals surface area contributed by atoms with Crippen LogP contribution in [0.3, 0.4) is 0 Å². The van der Waals surface area contributed by atoms with Gasteiger partial charge < -0.3 is 15.0 Å². The fraction of sp³-hybridized carbons (Fsp3) is 0.162. The van der Waals surface area contributed by atoms with Crippen LogP contribution in [0.1, 0.15) is 41.9 Å². The molecule has 0 bridgehead atoms. The summed E-state index contributed by atoms with van der Waals surface area (Å²) in [4.78, 5) is 40.1. The van der Waals surface area contributed by atoms with E-state index in [4.69, 9.17) is 4.74 Å². The van der Waals surface area contributed by atoms with E-state index < -0.39 is 5.60 Å². The number of anilines is 1. The van der Waals surface area contributed by atoms with Crippen molar-refractivity contribution in [3.63, 3.8) is 0 Å². The first-order chi connectivity index (χ1) is 21.7. The van der Waals surface area contributed by atoms with E-state index in [0.717, 1.165) is 39.0 Å². The highest BCUT2D eigenvalue weighted by Crippen LogP contribution is 2.33. The number of carbonyl (C=O) groups is 2. The van der Waals surface area contributed by atoms with Crippen LogP contribution in [0.25, 0.3) is 29.1 Å². The third-order valence-electron chi connectivity index (χ3n) is 7.29. The molecular weight excluding hydrogens is 562 g/mol. The van der Waals surface area contributed by atoms with Crippen molar-refractivity contribution in [2.45, 2.75) is 26.4 Å². The van der Waals surface area contributed by atoms with Gasteiger partial charge in [-0.1, -0.05) is 42.5 Å². The Labute approximate surface area is 263 Å². The number of aryl methyl sites for hydroxylation is 1. The van der Waals surface area contributed by atoms with Gasteiger partial charge in [0.05, 0.1) is 12.2 Å². The first-order valence-corrected chi connectivity index (χ1v) is 14.6. The molecule has 0 spiro atoms. The van der Waals surface area contributed by atoms with Crippen molar-refractivity contribution in [2.24, 2.45) is 0 Å². The van der Waals surface area contributed by atoms with Gasteiger partial charge >= 0.3 is 0 Å². The van der Waals surface area contributed by atoms with Crippen molar-refractivity contribution in [3.8, 4) is 5.75 Å². The van der Waals surface area contributed by atoms with E-state index in [9.17, 15) is 9.59 Å².